The maximum atomic E-state index is 11.8. The number of ether oxygens (including phenoxy) is 2. The van der Waals surface area contributed by atoms with Crippen molar-refractivity contribution in [3.8, 4) is 0 Å². The van der Waals surface area contributed by atoms with Crippen LogP contribution in [0.15, 0.2) is 30.3 Å². The smallest absolute Gasteiger partial charge is 0.325 e. The van der Waals surface area contributed by atoms with E-state index >= 15 is 0 Å². The lowest BCUT2D eigenvalue weighted by atomic mass is 10.1. The van der Waals surface area contributed by atoms with Gasteiger partial charge in [0.1, 0.15) is 18.2 Å². The molecule has 0 fully saturated rings. The van der Waals surface area contributed by atoms with E-state index in [9.17, 15) is 14.7 Å². The van der Waals surface area contributed by atoms with Crippen LogP contribution in [-0.2, 0) is 25.7 Å². The van der Waals surface area contributed by atoms with Gasteiger partial charge in [-0.3, -0.25) is 9.59 Å². The molecule has 0 bridgehead atoms. The molecule has 23 heavy (non-hydrogen) atoms. The first-order chi connectivity index (χ1) is 10.7. The average molecular weight is 323 g/mol. The van der Waals surface area contributed by atoms with Crippen LogP contribution in [0.1, 0.15) is 39.2 Å². The van der Waals surface area contributed by atoms with Crippen molar-refractivity contribution < 1.29 is 24.2 Å². The van der Waals surface area contributed by atoms with Crippen LogP contribution in [0.3, 0.4) is 0 Å². The normalized spacial score (nSPS) is 14.0. The standard InChI is InChI=1S/C17H25NO5/c1-17(2,3)23-14(20)10-9-13(19)15(18)16(21)22-11-12-7-5-4-6-8-12/h4-8,13,15,19H,9-11,18H2,1-3H3. The van der Waals surface area contributed by atoms with Gasteiger partial charge < -0.3 is 20.3 Å². The zero-order valence-corrected chi connectivity index (χ0v) is 13.8. The Balaban J connectivity index is 2.36. The van der Waals surface area contributed by atoms with Gasteiger partial charge in [-0.25, -0.2) is 0 Å². The molecule has 0 heterocycles. The summed E-state index contributed by atoms with van der Waals surface area (Å²) in [7, 11) is 0. The van der Waals surface area contributed by atoms with E-state index in [0.717, 1.165) is 5.56 Å². The number of esters is 2. The van der Waals surface area contributed by atoms with Gasteiger partial charge in [0.25, 0.3) is 0 Å². The summed E-state index contributed by atoms with van der Waals surface area (Å²) in [5.41, 5.74) is 5.91. The van der Waals surface area contributed by atoms with Crippen LogP contribution in [0, 0.1) is 0 Å². The summed E-state index contributed by atoms with van der Waals surface area (Å²) in [6, 6.07) is 7.96. The molecule has 0 aliphatic carbocycles. The molecule has 0 aliphatic heterocycles. The highest BCUT2D eigenvalue weighted by Gasteiger charge is 2.26. The highest BCUT2D eigenvalue weighted by atomic mass is 16.6. The molecule has 128 valence electrons. The minimum absolute atomic E-state index is 0.0158. The predicted octanol–water partition coefficient (Wildman–Crippen LogP) is 1.54. The second-order valence-corrected chi connectivity index (χ2v) is 6.31. The van der Waals surface area contributed by atoms with Crippen LogP contribution in [0.25, 0.3) is 0 Å². The van der Waals surface area contributed by atoms with Gasteiger partial charge in [0.05, 0.1) is 6.10 Å². The Hall–Kier alpha value is -1.92. The van der Waals surface area contributed by atoms with E-state index in [2.05, 4.69) is 0 Å². The Morgan fingerprint density at radius 1 is 1.22 bits per heavy atom. The monoisotopic (exact) mass is 323 g/mol. The third-order valence-corrected chi connectivity index (χ3v) is 2.97. The summed E-state index contributed by atoms with van der Waals surface area (Å²) in [5.74, 6) is -1.15. The maximum Gasteiger partial charge on any atom is 0.325 e. The molecular formula is C17H25NO5. The van der Waals surface area contributed by atoms with Gasteiger partial charge in [-0.1, -0.05) is 30.3 Å². The number of hydrogen-bond acceptors (Lipinski definition) is 6. The fourth-order valence-electron chi connectivity index (χ4n) is 1.82. The topological polar surface area (TPSA) is 98.9 Å². The Kier molecular flexibility index (Phi) is 7.19. The minimum atomic E-state index is -1.19. The number of nitrogens with two attached hydrogens (primary N) is 1. The molecule has 0 radical (unpaired) electrons. The van der Waals surface area contributed by atoms with E-state index in [-0.39, 0.29) is 19.4 Å². The largest absolute Gasteiger partial charge is 0.460 e. The van der Waals surface area contributed by atoms with Gasteiger partial charge in [0, 0.05) is 6.42 Å². The van der Waals surface area contributed by atoms with Crippen molar-refractivity contribution in [2.24, 2.45) is 5.73 Å². The molecule has 1 aromatic carbocycles. The molecule has 0 saturated carbocycles. The van der Waals surface area contributed by atoms with Crippen molar-refractivity contribution in [1.82, 2.24) is 0 Å². The number of aliphatic hydroxyl groups is 1. The quantitative estimate of drug-likeness (QED) is 0.739. The molecular weight excluding hydrogens is 298 g/mol. The average Bonchev–Trinajstić information content (AvgIpc) is 2.48. The molecule has 0 aliphatic rings. The highest BCUT2D eigenvalue weighted by Crippen LogP contribution is 2.11. The first-order valence-electron chi connectivity index (χ1n) is 7.55. The van der Waals surface area contributed by atoms with Crippen LogP contribution in [0.5, 0.6) is 0 Å². The van der Waals surface area contributed by atoms with E-state index in [0.29, 0.717) is 0 Å². The van der Waals surface area contributed by atoms with Crippen molar-refractivity contribution >= 4 is 11.9 Å². The van der Waals surface area contributed by atoms with Crippen molar-refractivity contribution in [3.63, 3.8) is 0 Å². The lowest BCUT2D eigenvalue weighted by Crippen LogP contribution is -2.43. The first kappa shape index (κ1) is 19.1. The predicted molar refractivity (Wildman–Crippen MR) is 85.3 cm³/mol. The van der Waals surface area contributed by atoms with Gasteiger partial charge in [-0.05, 0) is 32.8 Å². The molecule has 6 nitrogen and oxygen atoms in total. The Morgan fingerprint density at radius 3 is 2.39 bits per heavy atom. The molecule has 1 aromatic rings. The zero-order chi connectivity index (χ0) is 17.5. The van der Waals surface area contributed by atoms with E-state index in [1.807, 2.05) is 30.3 Å². The third kappa shape index (κ3) is 7.76. The molecule has 0 amide bonds. The fourth-order valence-corrected chi connectivity index (χ4v) is 1.82. The van der Waals surface area contributed by atoms with Crippen molar-refractivity contribution in [1.29, 1.82) is 0 Å². The second kappa shape index (κ2) is 8.64. The lowest BCUT2D eigenvalue weighted by molar-refractivity contribution is -0.157. The third-order valence-electron chi connectivity index (χ3n) is 2.97. The van der Waals surface area contributed by atoms with Crippen molar-refractivity contribution in [3.05, 3.63) is 35.9 Å². The van der Waals surface area contributed by atoms with Crippen LogP contribution in [-0.4, -0.2) is 34.8 Å². The van der Waals surface area contributed by atoms with Gasteiger partial charge in [-0.15, -0.1) is 0 Å². The number of hydrogen-bond donors (Lipinski definition) is 2. The van der Waals surface area contributed by atoms with Gasteiger partial charge in [0.15, 0.2) is 0 Å². The zero-order valence-electron chi connectivity index (χ0n) is 13.8. The number of carbonyl (C=O) groups excluding carboxylic acids is 2. The molecule has 0 saturated heterocycles. The summed E-state index contributed by atoms with van der Waals surface area (Å²) < 4.78 is 10.2. The highest BCUT2D eigenvalue weighted by molar-refractivity contribution is 5.76. The molecule has 0 aromatic heterocycles. The van der Waals surface area contributed by atoms with Crippen LogP contribution < -0.4 is 5.73 Å². The second-order valence-electron chi connectivity index (χ2n) is 6.31. The Labute approximate surface area is 136 Å². The van der Waals surface area contributed by atoms with E-state index < -0.39 is 29.7 Å². The lowest BCUT2D eigenvalue weighted by Gasteiger charge is -2.21. The van der Waals surface area contributed by atoms with Crippen LogP contribution >= 0.6 is 0 Å². The maximum absolute atomic E-state index is 11.8. The number of benzene rings is 1. The molecule has 0 spiro atoms. The van der Waals surface area contributed by atoms with Crippen LogP contribution in [0.2, 0.25) is 0 Å². The summed E-state index contributed by atoms with van der Waals surface area (Å²) in [6.07, 6.45) is -1.14. The van der Waals surface area contributed by atoms with E-state index in [4.69, 9.17) is 15.2 Å². The van der Waals surface area contributed by atoms with Gasteiger partial charge in [0.2, 0.25) is 0 Å². The number of aliphatic hydroxyl groups excluding tert-OH is 1. The van der Waals surface area contributed by atoms with E-state index in [1.165, 1.54) is 0 Å². The van der Waals surface area contributed by atoms with Crippen molar-refractivity contribution in [2.45, 2.75) is 58.0 Å². The van der Waals surface area contributed by atoms with Gasteiger partial charge >= 0.3 is 11.9 Å². The fraction of sp³-hybridized carbons (Fsp3) is 0.529. The summed E-state index contributed by atoms with van der Waals surface area (Å²) in [6.45, 7) is 5.36. The number of rotatable bonds is 7. The SMILES string of the molecule is CC(C)(C)OC(=O)CCC(O)C(N)C(=O)OCc1ccccc1. The van der Waals surface area contributed by atoms with Crippen LogP contribution in [0.4, 0.5) is 0 Å². The molecule has 2 unspecified atom stereocenters. The first-order valence-corrected chi connectivity index (χ1v) is 7.55. The minimum Gasteiger partial charge on any atom is -0.460 e. The Bertz CT molecular complexity index is 509. The number of carbonyl (C=O) groups is 2. The Morgan fingerprint density at radius 2 is 1.83 bits per heavy atom. The molecule has 3 N–H and O–H groups in total. The summed E-state index contributed by atoms with van der Waals surface area (Å²) in [4.78, 5) is 23.4. The van der Waals surface area contributed by atoms with Gasteiger partial charge in [-0.2, -0.15) is 0 Å². The van der Waals surface area contributed by atoms with Crippen molar-refractivity contribution in [2.75, 3.05) is 0 Å². The summed E-state index contributed by atoms with van der Waals surface area (Å²) >= 11 is 0. The molecule has 2 atom stereocenters. The molecule has 6 heteroatoms. The summed E-state index contributed by atoms with van der Waals surface area (Å²) in [5, 5.41) is 9.90. The molecule has 1 rings (SSSR count). The van der Waals surface area contributed by atoms with E-state index in [1.54, 1.807) is 20.8 Å².